The summed E-state index contributed by atoms with van der Waals surface area (Å²) in [6.45, 7) is 5.19. The maximum absolute atomic E-state index is 12.1. The number of amides is 3. The molecule has 1 aromatic carbocycles. The van der Waals surface area contributed by atoms with Gasteiger partial charge >= 0.3 is 17.9 Å². The van der Waals surface area contributed by atoms with Crippen LogP contribution in [-0.4, -0.2) is 48.5 Å². The molecule has 3 amide bonds. The first-order valence-electron chi connectivity index (χ1n) is 8.56. The van der Waals surface area contributed by atoms with Crippen molar-refractivity contribution in [2.45, 2.75) is 32.7 Å². The van der Waals surface area contributed by atoms with Crippen LogP contribution in [0.3, 0.4) is 0 Å². The van der Waals surface area contributed by atoms with Crippen LogP contribution < -0.4 is 15.4 Å². The van der Waals surface area contributed by atoms with E-state index in [-0.39, 0.29) is 18.1 Å². The van der Waals surface area contributed by atoms with Crippen molar-refractivity contribution in [1.29, 1.82) is 0 Å². The summed E-state index contributed by atoms with van der Waals surface area (Å²) in [5.41, 5.74) is 0. The van der Waals surface area contributed by atoms with Gasteiger partial charge in [-0.3, -0.25) is 9.59 Å². The molecular weight excluding hydrogens is 322 g/mol. The Morgan fingerprint density at radius 1 is 1.12 bits per heavy atom. The zero-order valence-electron chi connectivity index (χ0n) is 14.7. The summed E-state index contributed by atoms with van der Waals surface area (Å²) in [7, 11) is 0. The van der Waals surface area contributed by atoms with Crippen LogP contribution in [0.1, 0.15) is 26.7 Å². The van der Waals surface area contributed by atoms with Gasteiger partial charge in [0.25, 0.3) is 0 Å². The predicted molar refractivity (Wildman–Crippen MR) is 93.1 cm³/mol. The van der Waals surface area contributed by atoms with E-state index in [2.05, 4.69) is 10.6 Å². The molecule has 2 N–H and O–H groups in total. The van der Waals surface area contributed by atoms with E-state index in [0.717, 1.165) is 12.8 Å². The molecule has 0 aliphatic carbocycles. The molecule has 1 heterocycles. The topological polar surface area (TPSA) is 87.7 Å². The van der Waals surface area contributed by atoms with Gasteiger partial charge in [0, 0.05) is 25.7 Å². The number of rotatable bonds is 4. The molecule has 7 nitrogen and oxygen atoms in total. The largest absolute Gasteiger partial charge is 0.415 e. The number of nitrogens with zero attached hydrogens (tertiary/aromatic N) is 1. The fourth-order valence-corrected chi connectivity index (χ4v) is 2.62. The number of benzene rings is 1. The molecule has 0 atom stereocenters. The summed E-state index contributed by atoms with van der Waals surface area (Å²) in [6.07, 6.45) is 1.16. The molecule has 1 aromatic rings. The Hall–Kier alpha value is -2.57. The van der Waals surface area contributed by atoms with Crippen molar-refractivity contribution in [2.24, 2.45) is 5.92 Å². The number of carbonyl (C=O) groups excluding carboxylic acids is 3. The van der Waals surface area contributed by atoms with Gasteiger partial charge in [0.1, 0.15) is 5.75 Å². The molecule has 1 saturated heterocycles. The third-order valence-electron chi connectivity index (χ3n) is 4.00. The molecule has 25 heavy (non-hydrogen) atoms. The minimum atomic E-state index is -0.612. The lowest BCUT2D eigenvalue weighted by Gasteiger charge is -2.31. The lowest BCUT2D eigenvalue weighted by Crippen LogP contribution is -2.46. The van der Waals surface area contributed by atoms with Crippen LogP contribution in [-0.2, 0) is 9.59 Å². The summed E-state index contributed by atoms with van der Waals surface area (Å²) >= 11 is 0. The number of likely N-dealkylation sites (tertiary alicyclic amines) is 1. The molecule has 1 aliphatic heterocycles. The second-order valence-electron chi connectivity index (χ2n) is 6.45. The second kappa shape index (κ2) is 9.05. The molecular formula is C18H25N3O4. The minimum Gasteiger partial charge on any atom is -0.410 e. The summed E-state index contributed by atoms with van der Waals surface area (Å²) in [4.78, 5) is 37.0. The van der Waals surface area contributed by atoms with Crippen molar-refractivity contribution in [3.05, 3.63) is 30.3 Å². The molecule has 0 unspecified atom stereocenters. The molecule has 7 heteroatoms. The third-order valence-corrected chi connectivity index (χ3v) is 4.00. The van der Waals surface area contributed by atoms with Crippen LogP contribution in [0.5, 0.6) is 5.75 Å². The van der Waals surface area contributed by atoms with Gasteiger partial charge in [-0.05, 0) is 44.7 Å². The van der Waals surface area contributed by atoms with Crippen molar-refractivity contribution in [1.82, 2.24) is 15.5 Å². The van der Waals surface area contributed by atoms with Gasteiger partial charge in [0.2, 0.25) is 0 Å². The molecule has 0 spiro atoms. The quantitative estimate of drug-likeness (QED) is 0.809. The van der Waals surface area contributed by atoms with Gasteiger partial charge in [0.15, 0.2) is 0 Å². The van der Waals surface area contributed by atoms with Crippen molar-refractivity contribution in [3.8, 4) is 5.75 Å². The molecule has 0 radical (unpaired) electrons. The van der Waals surface area contributed by atoms with Gasteiger partial charge in [-0.1, -0.05) is 18.2 Å². The Labute approximate surface area is 147 Å². The van der Waals surface area contributed by atoms with E-state index in [0.29, 0.717) is 25.4 Å². The first-order valence-corrected chi connectivity index (χ1v) is 8.56. The van der Waals surface area contributed by atoms with Crippen LogP contribution in [0.15, 0.2) is 30.3 Å². The Morgan fingerprint density at radius 2 is 1.76 bits per heavy atom. The summed E-state index contributed by atoms with van der Waals surface area (Å²) in [5, 5.41) is 5.21. The molecule has 0 saturated carbocycles. The number of ether oxygens (including phenoxy) is 1. The maximum Gasteiger partial charge on any atom is 0.415 e. The van der Waals surface area contributed by atoms with E-state index in [1.807, 2.05) is 18.2 Å². The lowest BCUT2D eigenvalue weighted by atomic mass is 9.97. The fraction of sp³-hybridized carbons (Fsp3) is 0.500. The van der Waals surface area contributed by atoms with Gasteiger partial charge in [0.05, 0.1) is 0 Å². The first kappa shape index (κ1) is 18.8. The zero-order valence-corrected chi connectivity index (χ0v) is 14.7. The second-order valence-corrected chi connectivity index (χ2v) is 6.45. The number of hydrogen-bond donors (Lipinski definition) is 2. The normalized spacial score (nSPS) is 14.9. The fourth-order valence-electron chi connectivity index (χ4n) is 2.62. The van der Waals surface area contributed by atoms with E-state index >= 15 is 0 Å². The van der Waals surface area contributed by atoms with E-state index in [1.165, 1.54) is 0 Å². The van der Waals surface area contributed by atoms with E-state index < -0.39 is 11.8 Å². The number of hydrogen-bond acceptors (Lipinski definition) is 4. The highest BCUT2D eigenvalue weighted by Gasteiger charge is 2.25. The highest BCUT2D eigenvalue weighted by atomic mass is 16.6. The number of piperidine rings is 1. The Morgan fingerprint density at radius 3 is 2.36 bits per heavy atom. The molecule has 1 aliphatic rings. The van der Waals surface area contributed by atoms with Gasteiger partial charge in [-0.2, -0.15) is 0 Å². The monoisotopic (exact) mass is 347 g/mol. The predicted octanol–water partition coefficient (Wildman–Crippen LogP) is 1.54. The van der Waals surface area contributed by atoms with E-state index in [4.69, 9.17) is 4.74 Å². The van der Waals surface area contributed by atoms with Gasteiger partial charge in [-0.15, -0.1) is 0 Å². The highest BCUT2D eigenvalue weighted by molar-refractivity contribution is 6.35. The van der Waals surface area contributed by atoms with Crippen LogP contribution in [0, 0.1) is 5.92 Å². The lowest BCUT2D eigenvalue weighted by molar-refractivity contribution is -0.139. The molecule has 0 aromatic heterocycles. The van der Waals surface area contributed by atoms with Crippen molar-refractivity contribution < 1.29 is 19.1 Å². The van der Waals surface area contributed by atoms with Crippen molar-refractivity contribution >= 4 is 17.9 Å². The van der Waals surface area contributed by atoms with Crippen LogP contribution in [0.4, 0.5) is 4.79 Å². The van der Waals surface area contributed by atoms with Crippen molar-refractivity contribution in [3.63, 3.8) is 0 Å². The Bertz CT molecular complexity index is 596. The number of para-hydroxylation sites is 1. The van der Waals surface area contributed by atoms with Crippen LogP contribution in [0.25, 0.3) is 0 Å². The first-order chi connectivity index (χ1) is 12.0. The minimum absolute atomic E-state index is 0.0721. The Kier molecular flexibility index (Phi) is 6.80. The SMILES string of the molecule is CC(C)NC(=O)C(=O)NCC1CCN(C(=O)Oc2ccccc2)CC1. The summed E-state index contributed by atoms with van der Waals surface area (Å²) in [5.74, 6) is -0.451. The number of carbonyl (C=O) groups is 3. The average molecular weight is 347 g/mol. The van der Waals surface area contributed by atoms with Crippen molar-refractivity contribution in [2.75, 3.05) is 19.6 Å². The summed E-state index contributed by atoms with van der Waals surface area (Å²) in [6, 6.07) is 8.89. The standard InChI is InChI=1S/C18H25N3O4/c1-13(2)20-17(23)16(22)19-12-14-8-10-21(11-9-14)18(24)25-15-6-4-3-5-7-15/h3-7,13-14H,8-12H2,1-2H3,(H,19,22)(H,20,23). The molecule has 2 rings (SSSR count). The summed E-state index contributed by atoms with van der Waals surface area (Å²) < 4.78 is 5.32. The number of nitrogens with one attached hydrogen (secondary N) is 2. The molecule has 1 fully saturated rings. The van der Waals surface area contributed by atoms with E-state index in [9.17, 15) is 14.4 Å². The Balaban J connectivity index is 1.70. The third kappa shape index (κ3) is 6.10. The smallest absolute Gasteiger partial charge is 0.410 e. The zero-order chi connectivity index (χ0) is 18.2. The molecule has 0 bridgehead atoms. The van der Waals surface area contributed by atoms with Gasteiger partial charge in [-0.25, -0.2) is 4.79 Å². The average Bonchev–Trinajstić information content (AvgIpc) is 2.60. The van der Waals surface area contributed by atoms with Crippen LogP contribution in [0.2, 0.25) is 0 Å². The highest BCUT2D eigenvalue weighted by Crippen LogP contribution is 2.18. The molecule has 136 valence electrons. The van der Waals surface area contributed by atoms with Crippen LogP contribution >= 0.6 is 0 Å². The van der Waals surface area contributed by atoms with Gasteiger partial charge < -0.3 is 20.3 Å². The van der Waals surface area contributed by atoms with E-state index in [1.54, 1.807) is 30.9 Å². The maximum atomic E-state index is 12.1.